The Bertz CT molecular complexity index is 1110. The molecule has 2 aliphatic rings. The maximum Gasteiger partial charge on any atom is 0.246 e. The van der Waals surface area contributed by atoms with Crippen molar-refractivity contribution in [1.82, 2.24) is 24.1 Å². The first kappa shape index (κ1) is 21.6. The third kappa shape index (κ3) is 3.37. The Balaban J connectivity index is 1.74. The first-order valence-corrected chi connectivity index (χ1v) is 12.2. The van der Waals surface area contributed by atoms with Gasteiger partial charge >= 0.3 is 0 Å². The molecule has 166 valence electrons. The summed E-state index contributed by atoms with van der Waals surface area (Å²) in [6.45, 7) is 1.88. The van der Waals surface area contributed by atoms with E-state index >= 15 is 0 Å². The molecule has 3 atom stereocenters. The highest BCUT2D eigenvalue weighted by molar-refractivity contribution is 7.91. The molecule has 2 heterocycles. The molecule has 2 aromatic rings. The normalized spacial score (nSPS) is 25.2. The zero-order valence-electron chi connectivity index (χ0n) is 17.0. The van der Waals surface area contributed by atoms with Gasteiger partial charge in [-0.15, -0.1) is 0 Å². The van der Waals surface area contributed by atoms with Gasteiger partial charge in [0.2, 0.25) is 22.4 Å². The zero-order valence-corrected chi connectivity index (χ0v) is 18.6. The van der Waals surface area contributed by atoms with Crippen molar-refractivity contribution >= 4 is 39.4 Å². The lowest BCUT2D eigenvalue weighted by molar-refractivity contribution is -0.105. The van der Waals surface area contributed by atoms with Gasteiger partial charge < -0.3 is 15.2 Å². The van der Waals surface area contributed by atoms with E-state index in [-0.39, 0.29) is 23.9 Å². The number of rotatable bonds is 7. The number of carbonyl (C=O) groups is 1. The zero-order chi connectivity index (χ0) is 22.4. The van der Waals surface area contributed by atoms with E-state index in [4.69, 9.17) is 5.41 Å². The van der Waals surface area contributed by atoms with Gasteiger partial charge in [0.15, 0.2) is 5.25 Å². The summed E-state index contributed by atoms with van der Waals surface area (Å²) >= 11 is -1.67. The van der Waals surface area contributed by atoms with Crippen molar-refractivity contribution in [2.75, 3.05) is 25.5 Å². The lowest BCUT2D eigenvalue weighted by Gasteiger charge is -2.54. The maximum absolute atomic E-state index is 13.4. The van der Waals surface area contributed by atoms with Crippen molar-refractivity contribution < 1.29 is 17.8 Å². The first-order valence-electron chi connectivity index (χ1n) is 9.58. The first-order chi connectivity index (χ1) is 14.7. The summed E-state index contributed by atoms with van der Waals surface area (Å²) in [6.07, 6.45) is 3.60. The molecule has 1 aromatic heterocycles. The van der Waals surface area contributed by atoms with Crippen molar-refractivity contribution in [3.63, 3.8) is 0 Å². The smallest absolute Gasteiger partial charge is 0.246 e. The lowest BCUT2D eigenvalue weighted by atomic mass is 9.68. The van der Waals surface area contributed by atoms with Crippen molar-refractivity contribution in [2.24, 2.45) is 0 Å². The topological polar surface area (TPSA) is 157 Å². The van der Waals surface area contributed by atoms with Crippen LogP contribution in [0.1, 0.15) is 18.1 Å². The van der Waals surface area contributed by atoms with Gasteiger partial charge in [-0.25, -0.2) is 8.42 Å². The molecule has 11 nitrogen and oxygen atoms in total. The molecule has 1 aliphatic heterocycles. The second-order valence-electron chi connectivity index (χ2n) is 7.41. The monoisotopic (exact) mass is 465 g/mol. The van der Waals surface area contributed by atoms with E-state index in [1.807, 2.05) is 6.07 Å². The summed E-state index contributed by atoms with van der Waals surface area (Å²) in [6, 6.07) is 5.42. The molecule has 0 radical (unpaired) electrons. The number of fused-ring (bicyclic) bond motifs is 2. The minimum atomic E-state index is -3.84. The Morgan fingerprint density at radius 3 is 2.94 bits per heavy atom. The van der Waals surface area contributed by atoms with Gasteiger partial charge in [0, 0.05) is 24.8 Å². The van der Waals surface area contributed by atoms with E-state index in [0.29, 0.717) is 18.5 Å². The van der Waals surface area contributed by atoms with Crippen LogP contribution in [-0.2, 0) is 38.1 Å². The predicted octanol–water partition coefficient (Wildman–Crippen LogP) is -0.0577. The minimum Gasteiger partial charge on any atom is -0.593 e. The molecule has 0 saturated carbocycles. The van der Waals surface area contributed by atoms with Crippen LogP contribution in [0.3, 0.4) is 0 Å². The summed E-state index contributed by atoms with van der Waals surface area (Å²) in [7, 11) is -2.31. The van der Waals surface area contributed by atoms with E-state index in [0.717, 1.165) is 11.1 Å². The van der Waals surface area contributed by atoms with Gasteiger partial charge in [-0.3, -0.25) is 15.3 Å². The molecule has 1 saturated heterocycles. The Labute approximate surface area is 183 Å². The van der Waals surface area contributed by atoms with Gasteiger partial charge in [0.25, 0.3) is 0 Å². The third-order valence-corrected chi connectivity index (χ3v) is 9.50. The van der Waals surface area contributed by atoms with Crippen molar-refractivity contribution in [2.45, 2.75) is 29.0 Å². The number of aromatic amines is 1. The quantitative estimate of drug-likeness (QED) is 0.329. The number of amides is 1. The van der Waals surface area contributed by atoms with E-state index in [9.17, 15) is 17.8 Å². The van der Waals surface area contributed by atoms with Crippen molar-refractivity contribution in [3.8, 4) is 0 Å². The van der Waals surface area contributed by atoms with Gasteiger partial charge in [-0.1, -0.05) is 13.0 Å². The van der Waals surface area contributed by atoms with Gasteiger partial charge in [-0.05, 0) is 23.3 Å². The van der Waals surface area contributed by atoms with Crippen LogP contribution in [0.25, 0.3) is 0 Å². The third-order valence-electron chi connectivity index (χ3n) is 5.84. The van der Waals surface area contributed by atoms with E-state index in [2.05, 4.69) is 20.8 Å². The fraction of sp³-hybridized carbons (Fsp3) is 0.389. The van der Waals surface area contributed by atoms with Crippen LogP contribution in [0.5, 0.6) is 0 Å². The van der Waals surface area contributed by atoms with Gasteiger partial charge in [0.1, 0.15) is 10.4 Å². The molecular formula is C18H23N7O4S2. The Morgan fingerprint density at radius 1 is 1.52 bits per heavy atom. The Hall–Kier alpha value is -2.61. The number of anilines is 1. The SMILES string of the molecule is CCN(CC1[S+]([O-])N(C)C(=N)N[C@@]12Cc1ccc(NC=O)cc12)S(=O)(=O)c1cn[nH]c1. The molecule has 0 bridgehead atoms. The van der Waals surface area contributed by atoms with Crippen LogP contribution in [0.15, 0.2) is 35.5 Å². The molecule has 13 heteroatoms. The van der Waals surface area contributed by atoms with Crippen LogP contribution in [-0.4, -0.2) is 69.5 Å². The number of hydrogen-bond acceptors (Lipinski definition) is 6. The molecule has 1 aromatic carbocycles. The minimum absolute atomic E-state index is 0.00489. The molecule has 1 spiro atoms. The number of benzene rings is 1. The molecule has 4 rings (SSSR count). The van der Waals surface area contributed by atoms with Crippen LogP contribution < -0.4 is 10.6 Å². The van der Waals surface area contributed by atoms with Crippen molar-refractivity contribution in [1.29, 1.82) is 5.41 Å². The molecule has 2 unspecified atom stereocenters. The van der Waals surface area contributed by atoms with E-state index in [1.54, 1.807) is 19.1 Å². The number of hydrogen-bond donors (Lipinski definition) is 4. The average molecular weight is 466 g/mol. The number of nitrogens with one attached hydrogen (secondary N) is 4. The van der Waals surface area contributed by atoms with Crippen LogP contribution in [0.4, 0.5) is 5.69 Å². The Morgan fingerprint density at radius 2 is 2.29 bits per heavy atom. The van der Waals surface area contributed by atoms with E-state index in [1.165, 1.54) is 28.1 Å². The molecule has 31 heavy (non-hydrogen) atoms. The molecule has 4 N–H and O–H groups in total. The fourth-order valence-electron chi connectivity index (χ4n) is 4.15. The highest BCUT2D eigenvalue weighted by Crippen LogP contribution is 2.47. The van der Waals surface area contributed by atoms with Crippen LogP contribution in [0.2, 0.25) is 0 Å². The summed E-state index contributed by atoms with van der Waals surface area (Å²) in [5, 5.41) is 19.6. The number of carbonyl (C=O) groups excluding carboxylic acids is 1. The van der Waals surface area contributed by atoms with Gasteiger partial charge in [-0.2, -0.15) is 13.7 Å². The predicted molar refractivity (Wildman–Crippen MR) is 115 cm³/mol. The highest BCUT2D eigenvalue weighted by Gasteiger charge is 2.60. The summed E-state index contributed by atoms with van der Waals surface area (Å²) in [5.41, 5.74) is 1.48. The molecular weight excluding hydrogens is 442 g/mol. The number of guanidine groups is 1. The Kier molecular flexibility index (Phi) is 5.45. The highest BCUT2D eigenvalue weighted by atomic mass is 32.2. The molecule has 1 fully saturated rings. The fourth-order valence-corrected chi connectivity index (χ4v) is 7.14. The largest absolute Gasteiger partial charge is 0.593 e. The second-order valence-corrected chi connectivity index (χ2v) is 11.0. The molecule has 1 aliphatic carbocycles. The summed E-state index contributed by atoms with van der Waals surface area (Å²) in [5.74, 6) is -0.00489. The number of nitrogens with zero attached hydrogens (tertiary/aromatic N) is 3. The second kappa shape index (κ2) is 7.82. The average Bonchev–Trinajstić information content (AvgIpc) is 3.28. The standard InChI is InChI=1S/C18H23N7O4S2/c1-3-25(31(28,29)14-8-21-22-9-14)10-16-18(23-17(19)24(2)30(16)27)7-12-4-5-13(20-11-26)6-15(12)18/h4-6,8-9,11,16H,3,7,10H2,1-2H3,(H2,19,23)(H,20,26)(H,21,22)/t16?,18-,30?/m1/s1. The summed E-state index contributed by atoms with van der Waals surface area (Å²) < 4.78 is 42.1. The van der Waals surface area contributed by atoms with Crippen LogP contribution >= 0.6 is 0 Å². The number of aromatic nitrogens is 2. The maximum atomic E-state index is 13.4. The van der Waals surface area contributed by atoms with E-state index < -0.39 is 32.2 Å². The summed E-state index contributed by atoms with van der Waals surface area (Å²) in [4.78, 5) is 10.9. The molecule has 1 amide bonds. The van der Waals surface area contributed by atoms with Crippen molar-refractivity contribution in [3.05, 3.63) is 41.7 Å². The van der Waals surface area contributed by atoms with Gasteiger partial charge in [0.05, 0.1) is 31.2 Å². The number of sulfonamides is 1. The number of H-pyrrole nitrogens is 1. The lowest BCUT2D eigenvalue weighted by Crippen LogP contribution is -2.73. The van der Waals surface area contributed by atoms with Crippen LogP contribution in [0, 0.1) is 5.41 Å².